The normalized spacial score (nSPS) is 20.4. The Morgan fingerprint density at radius 2 is 1.94 bits per heavy atom. The molecule has 0 saturated carbocycles. The lowest BCUT2D eigenvalue weighted by Gasteiger charge is -2.36. The van der Waals surface area contributed by atoms with Crippen LogP contribution >= 0.6 is 0 Å². The molecule has 2 atom stereocenters. The maximum atomic E-state index is 13.1. The van der Waals surface area contributed by atoms with E-state index in [1.54, 1.807) is 6.92 Å². The highest BCUT2D eigenvalue weighted by atomic mass is 16.5. The summed E-state index contributed by atoms with van der Waals surface area (Å²) in [5.74, 6) is -0.838. The summed E-state index contributed by atoms with van der Waals surface area (Å²) in [6.45, 7) is 5.76. The molecular weight excluding hydrogens is 394 g/mol. The number of hydrogen-bond donors (Lipinski definition) is 1. The largest absolute Gasteiger partial charge is 0.494 e. The van der Waals surface area contributed by atoms with Crippen LogP contribution < -0.4 is 10.1 Å². The predicted molar refractivity (Wildman–Crippen MR) is 117 cm³/mol. The molecule has 7 nitrogen and oxygen atoms in total. The minimum absolute atomic E-state index is 0.202. The fourth-order valence-corrected chi connectivity index (χ4v) is 4.10. The second-order valence-corrected chi connectivity index (χ2v) is 7.56. The number of esters is 1. The van der Waals surface area contributed by atoms with Crippen molar-refractivity contribution in [2.45, 2.75) is 32.9 Å². The van der Waals surface area contributed by atoms with Gasteiger partial charge in [-0.1, -0.05) is 36.4 Å². The maximum absolute atomic E-state index is 13.1. The van der Waals surface area contributed by atoms with Crippen molar-refractivity contribution in [3.8, 4) is 5.75 Å². The third-order valence-electron chi connectivity index (χ3n) is 5.58. The molecule has 2 aliphatic rings. The molecule has 1 N–H and O–H groups in total. The molecule has 0 radical (unpaired) electrons. The average Bonchev–Trinajstić information content (AvgIpc) is 2.78. The quantitative estimate of drug-likeness (QED) is 0.593. The number of carbonyl (C=O) groups excluding carboxylic acids is 2. The number of hydrogen-bond acceptors (Lipinski definition) is 6. The summed E-state index contributed by atoms with van der Waals surface area (Å²) in [5, 5.41) is 2.85. The van der Waals surface area contributed by atoms with Crippen molar-refractivity contribution in [3.05, 3.63) is 65.2 Å². The number of fused-ring (bicyclic) bond motifs is 1. The number of amides is 1. The third kappa shape index (κ3) is 4.40. The van der Waals surface area contributed by atoms with Crippen molar-refractivity contribution < 1.29 is 19.1 Å². The Morgan fingerprint density at radius 3 is 2.71 bits per heavy atom. The highest BCUT2D eigenvalue weighted by Gasteiger charge is 2.42. The van der Waals surface area contributed by atoms with Gasteiger partial charge in [0.15, 0.2) is 5.92 Å². The number of guanidine groups is 1. The zero-order valence-corrected chi connectivity index (χ0v) is 17.8. The van der Waals surface area contributed by atoms with E-state index >= 15 is 0 Å². The summed E-state index contributed by atoms with van der Waals surface area (Å²) in [7, 11) is 0. The van der Waals surface area contributed by atoms with Crippen molar-refractivity contribution >= 4 is 17.8 Å². The van der Waals surface area contributed by atoms with Gasteiger partial charge in [-0.25, -0.2) is 4.99 Å². The van der Waals surface area contributed by atoms with Gasteiger partial charge in [-0.2, -0.15) is 0 Å². The molecule has 0 unspecified atom stereocenters. The van der Waals surface area contributed by atoms with Gasteiger partial charge in [-0.15, -0.1) is 0 Å². The number of aliphatic imine (C=N–C) groups is 1. The van der Waals surface area contributed by atoms with Gasteiger partial charge in [0, 0.05) is 13.1 Å². The van der Waals surface area contributed by atoms with E-state index in [0.717, 1.165) is 18.5 Å². The molecule has 2 aromatic carbocycles. The fraction of sp³-hybridized carbons (Fsp3) is 0.375. The molecule has 0 aromatic heterocycles. The van der Waals surface area contributed by atoms with Crippen LogP contribution in [0.1, 0.15) is 36.6 Å². The minimum atomic E-state index is -1.04. The summed E-state index contributed by atoms with van der Waals surface area (Å²) < 4.78 is 10.8. The van der Waals surface area contributed by atoms with Gasteiger partial charge in [0.25, 0.3) is 0 Å². The van der Waals surface area contributed by atoms with Crippen molar-refractivity contribution in [2.24, 2.45) is 10.9 Å². The predicted octanol–water partition coefficient (Wildman–Crippen LogP) is 2.85. The van der Waals surface area contributed by atoms with E-state index in [4.69, 9.17) is 14.5 Å². The summed E-state index contributed by atoms with van der Waals surface area (Å²) >= 11 is 0. The van der Waals surface area contributed by atoms with Crippen LogP contribution in [0, 0.1) is 5.92 Å². The Balaban J connectivity index is 1.69. The summed E-state index contributed by atoms with van der Waals surface area (Å²) in [4.78, 5) is 32.6. The third-order valence-corrected chi connectivity index (χ3v) is 5.58. The number of nitrogens with zero attached hydrogens (tertiary/aromatic N) is 2. The minimum Gasteiger partial charge on any atom is -0.494 e. The van der Waals surface area contributed by atoms with Gasteiger partial charge in [-0.3, -0.25) is 14.9 Å². The van der Waals surface area contributed by atoms with Gasteiger partial charge >= 0.3 is 5.97 Å². The molecule has 0 aliphatic carbocycles. The Bertz CT molecular complexity index is 1000. The van der Waals surface area contributed by atoms with Gasteiger partial charge in [0.05, 0.1) is 13.2 Å². The zero-order valence-electron chi connectivity index (χ0n) is 17.8. The van der Waals surface area contributed by atoms with Crippen LogP contribution in [-0.2, 0) is 27.3 Å². The fourth-order valence-electron chi connectivity index (χ4n) is 4.10. The zero-order chi connectivity index (χ0) is 21.8. The Labute approximate surface area is 182 Å². The highest BCUT2D eigenvalue weighted by Crippen LogP contribution is 2.33. The smallest absolute Gasteiger partial charge is 0.321 e. The number of nitrogens with one attached hydrogen (secondary N) is 1. The van der Waals surface area contributed by atoms with E-state index in [0.29, 0.717) is 24.9 Å². The first-order valence-corrected chi connectivity index (χ1v) is 10.7. The van der Waals surface area contributed by atoms with E-state index in [1.165, 1.54) is 11.1 Å². The lowest BCUT2D eigenvalue weighted by molar-refractivity contribution is -0.153. The molecule has 4 rings (SSSR count). The molecule has 2 heterocycles. The second-order valence-electron chi connectivity index (χ2n) is 7.56. The maximum Gasteiger partial charge on any atom is 0.321 e. The van der Waals surface area contributed by atoms with E-state index in [2.05, 4.69) is 22.3 Å². The topological polar surface area (TPSA) is 80.2 Å². The molecule has 2 aliphatic heterocycles. The summed E-state index contributed by atoms with van der Waals surface area (Å²) in [5.41, 5.74) is 3.27. The van der Waals surface area contributed by atoms with Crippen molar-refractivity contribution in [1.29, 1.82) is 0 Å². The molecule has 2 aromatic rings. The molecule has 0 fully saturated rings. The van der Waals surface area contributed by atoms with Crippen LogP contribution in [0.5, 0.6) is 5.75 Å². The summed E-state index contributed by atoms with van der Waals surface area (Å²) in [6, 6.07) is 15.0. The molecule has 0 saturated heterocycles. The van der Waals surface area contributed by atoms with Crippen LogP contribution in [0.2, 0.25) is 0 Å². The summed E-state index contributed by atoms with van der Waals surface area (Å²) in [6.07, 6.45) is 0.872. The van der Waals surface area contributed by atoms with Crippen molar-refractivity contribution in [1.82, 2.24) is 10.2 Å². The van der Waals surface area contributed by atoms with E-state index < -0.39 is 23.8 Å². The van der Waals surface area contributed by atoms with Crippen LogP contribution in [0.25, 0.3) is 0 Å². The van der Waals surface area contributed by atoms with Crippen LogP contribution in [0.15, 0.2) is 53.5 Å². The molecular formula is C24H27N3O4. The molecule has 0 spiro atoms. The molecule has 1 amide bonds. The lowest BCUT2D eigenvalue weighted by Crippen LogP contribution is -2.53. The first-order valence-electron chi connectivity index (χ1n) is 10.7. The standard InChI is InChI=1S/C24H27N3O4/c1-3-30-19-11-7-10-17(14-19)21-20(23(29)31-4-2)22(28)26-24(25-21)27-13-12-16-8-5-6-9-18(16)15-27/h5-11,14,20-21H,3-4,12-13,15H2,1-2H3,(H,25,26,28)/t20-,21-/m1/s1. The lowest BCUT2D eigenvalue weighted by atomic mass is 9.91. The van der Waals surface area contributed by atoms with Gasteiger partial charge < -0.3 is 14.4 Å². The molecule has 7 heteroatoms. The number of benzene rings is 2. The SMILES string of the molecule is CCOC(=O)[C@H]1C(=O)NC(N2CCc3ccccc3C2)=N[C@@H]1c1cccc(OCC)c1. The number of rotatable bonds is 5. The Morgan fingerprint density at radius 1 is 1.13 bits per heavy atom. The first-order chi connectivity index (χ1) is 15.1. The van der Waals surface area contributed by atoms with Gasteiger partial charge in [0.2, 0.25) is 11.9 Å². The average molecular weight is 421 g/mol. The highest BCUT2D eigenvalue weighted by molar-refractivity contribution is 6.08. The Kier molecular flexibility index (Phi) is 6.21. The van der Waals surface area contributed by atoms with E-state index in [1.807, 2.05) is 43.3 Å². The van der Waals surface area contributed by atoms with E-state index in [9.17, 15) is 9.59 Å². The van der Waals surface area contributed by atoms with Gasteiger partial charge in [0.1, 0.15) is 11.8 Å². The second kappa shape index (κ2) is 9.20. The van der Waals surface area contributed by atoms with E-state index in [-0.39, 0.29) is 6.61 Å². The van der Waals surface area contributed by atoms with Crippen molar-refractivity contribution in [3.63, 3.8) is 0 Å². The van der Waals surface area contributed by atoms with Crippen LogP contribution in [0.4, 0.5) is 0 Å². The Hall–Kier alpha value is -3.35. The molecule has 0 bridgehead atoms. The van der Waals surface area contributed by atoms with Crippen molar-refractivity contribution in [2.75, 3.05) is 19.8 Å². The number of ether oxygens (including phenoxy) is 2. The van der Waals surface area contributed by atoms with Crippen LogP contribution in [0.3, 0.4) is 0 Å². The monoisotopic (exact) mass is 421 g/mol. The molecule has 162 valence electrons. The van der Waals surface area contributed by atoms with Gasteiger partial charge in [-0.05, 0) is 49.1 Å². The number of carbonyl (C=O) groups is 2. The van der Waals surface area contributed by atoms with Crippen LogP contribution in [-0.4, -0.2) is 42.5 Å². The first kappa shape index (κ1) is 20.9. The molecule has 31 heavy (non-hydrogen) atoms.